The Morgan fingerprint density at radius 1 is 0.923 bits per heavy atom. The lowest BCUT2D eigenvalue weighted by molar-refractivity contribution is -0.137. The summed E-state index contributed by atoms with van der Waals surface area (Å²) in [6.45, 7) is 4.10. The largest absolute Gasteiger partial charge is 0.493 e. The zero-order valence-corrected chi connectivity index (χ0v) is 20.9. The Bertz CT molecular complexity index is 1510. The number of carbonyl (C=O) groups excluding carboxylic acids is 1. The number of fused-ring (bicyclic) bond motifs is 1. The molecule has 0 saturated carbocycles. The fourth-order valence-corrected chi connectivity index (χ4v) is 4.96. The zero-order chi connectivity index (χ0) is 27.0. The van der Waals surface area contributed by atoms with Gasteiger partial charge in [-0.25, -0.2) is 0 Å². The topological polar surface area (TPSA) is 71.7 Å². The molecule has 7 nitrogen and oxygen atoms in total. The minimum absolute atomic E-state index is 0.0261. The predicted octanol–water partition coefficient (Wildman–Crippen LogP) is 5.32. The summed E-state index contributed by atoms with van der Waals surface area (Å²) in [6.07, 6.45) is -3.62. The third-order valence-electron chi connectivity index (χ3n) is 7.05. The first-order valence-electron chi connectivity index (χ1n) is 12.7. The highest BCUT2D eigenvalue weighted by Gasteiger charge is 2.31. The number of amides is 1. The van der Waals surface area contributed by atoms with E-state index in [1.807, 2.05) is 47.4 Å². The molecule has 39 heavy (non-hydrogen) atoms. The average molecular weight is 535 g/mol. The Morgan fingerprint density at radius 3 is 2.54 bits per heavy atom. The quantitative estimate of drug-likeness (QED) is 0.345. The Balaban J connectivity index is 1.09. The highest BCUT2D eigenvalue weighted by atomic mass is 19.4. The minimum atomic E-state index is -4.46. The highest BCUT2D eigenvalue weighted by Crippen LogP contribution is 2.32. The lowest BCUT2D eigenvalue weighted by Crippen LogP contribution is -2.48. The summed E-state index contributed by atoms with van der Waals surface area (Å²) in [4.78, 5) is 21.5. The van der Waals surface area contributed by atoms with Gasteiger partial charge in [-0.3, -0.25) is 9.69 Å². The monoisotopic (exact) mass is 534 g/mol. The molecule has 1 saturated heterocycles. The molecule has 200 valence electrons. The van der Waals surface area contributed by atoms with Gasteiger partial charge in [0.2, 0.25) is 5.82 Å². The SMILES string of the molecule is O=C(c1ccc2c(c1)CCO2)N1CCN(Cc2cccc(-c3noc(-c4cccc(C(F)(F)F)c4)n3)c2)CC1. The van der Waals surface area contributed by atoms with Crippen LogP contribution < -0.4 is 4.74 Å². The molecule has 2 aliphatic rings. The number of aromatic nitrogens is 2. The van der Waals surface area contributed by atoms with Gasteiger partial charge < -0.3 is 14.2 Å². The summed E-state index contributed by atoms with van der Waals surface area (Å²) in [5, 5.41) is 3.99. The average Bonchev–Trinajstić information content (AvgIpc) is 3.63. The van der Waals surface area contributed by atoms with Crippen LogP contribution in [0.5, 0.6) is 5.75 Å². The smallest absolute Gasteiger partial charge is 0.416 e. The van der Waals surface area contributed by atoms with E-state index in [9.17, 15) is 18.0 Å². The van der Waals surface area contributed by atoms with Gasteiger partial charge >= 0.3 is 6.18 Å². The van der Waals surface area contributed by atoms with Crippen LogP contribution in [0.1, 0.15) is 27.0 Å². The number of halogens is 3. The van der Waals surface area contributed by atoms with E-state index >= 15 is 0 Å². The molecule has 1 aromatic heterocycles. The van der Waals surface area contributed by atoms with Gasteiger partial charge in [0.05, 0.1) is 12.2 Å². The van der Waals surface area contributed by atoms with Crippen molar-refractivity contribution in [3.05, 3.63) is 89.0 Å². The van der Waals surface area contributed by atoms with E-state index in [4.69, 9.17) is 9.26 Å². The van der Waals surface area contributed by atoms with Gasteiger partial charge in [0, 0.05) is 55.8 Å². The number of nitrogens with zero attached hydrogens (tertiary/aromatic N) is 4. The standard InChI is InChI=1S/C29H25F3N4O3/c30-29(31,32)24-6-2-5-22(17-24)27-33-26(34-39-27)21-4-1-3-19(15-21)18-35-10-12-36(13-11-35)28(37)23-7-8-25-20(16-23)9-14-38-25/h1-8,15-17H,9-14,18H2. The van der Waals surface area contributed by atoms with E-state index in [1.165, 1.54) is 12.1 Å². The van der Waals surface area contributed by atoms with Crippen molar-refractivity contribution in [3.63, 3.8) is 0 Å². The maximum absolute atomic E-state index is 13.1. The number of benzene rings is 3. The maximum Gasteiger partial charge on any atom is 0.416 e. The van der Waals surface area contributed by atoms with Gasteiger partial charge in [-0.2, -0.15) is 18.2 Å². The Labute approximate surface area is 222 Å². The van der Waals surface area contributed by atoms with Gasteiger partial charge in [0.15, 0.2) is 0 Å². The van der Waals surface area contributed by atoms with Crippen LogP contribution in [-0.2, 0) is 19.1 Å². The Kier molecular flexibility index (Phi) is 6.56. The van der Waals surface area contributed by atoms with Crippen LogP contribution in [0, 0.1) is 0 Å². The van der Waals surface area contributed by atoms with Crippen LogP contribution in [0.3, 0.4) is 0 Å². The van der Waals surface area contributed by atoms with Gasteiger partial charge in [-0.1, -0.05) is 29.4 Å². The molecule has 2 aliphatic heterocycles. The molecule has 6 rings (SSSR count). The number of alkyl halides is 3. The first-order chi connectivity index (χ1) is 18.8. The number of piperazine rings is 1. The molecule has 4 aromatic rings. The second-order valence-corrected chi connectivity index (χ2v) is 9.69. The van der Waals surface area contributed by atoms with Crippen LogP contribution in [0.15, 0.2) is 71.3 Å². The van der Waals surface area contributed by atoms with Crippen molar-refractivity contribution < 1.29 is 27.2 Å². The maximum atomic E-state index is 13.1. The molecule has 10 heteroatoms. The molecule has 0 unspecified atom stereocenters. The molecule has 1 fully saturated rings. The second kappa shape index (κ2) is 10.2. The van der Waals surface area contributed by atoms with Crippen LogP contribution in [0.2, 0.25) is 0 Å². The van der Waals surface area contributed by atoms with Crippen LogP contribution >= 0.6 is 0 Å². The molecule has 0 radical (unpaired) electrons. The highest BCUT2D eigenvalue weighted by molar-refractivity contribution is 5.94. The lowest BCUT2D eigenvalue weighted by atomic mass is 10.1. The van der Waals surface area contributed by atoms with Crippen molar-refractivity contribution >= 4 is 5.91 Å². The van der Waals surface area contributed by atoms with Gasteiger partial charge in [0.1, 0.15) is 5.75 Å². The summed E-state index contributed by atoms with van der Waals surface area (Å²) in [5.74, 6) is 1.24. The number of hydrogen-bond acceptors (Lipinski definition) is 6. The van der Waals surface area contributed by atoms with E-state index in [2.05, 4.69) is 15.0 Å². The second-order valence-electron chi connectivity index (χ2n) is 9.69. The van der Waals surface area contributed by atoms with Gasteiger partial charge in [-0.05, 0) is 53.6 Å². The van der Waals surface area contributed by atoms with Crippen LogP contribution in [0.4, 0.5) is 13.2 Å². The Morgan fingerprint density at radius 2 is 1.72 bits per heavy atom. The third-order valence-corrected chi connectivity index (χ3v) is 7.05. The number of rotatable bonds is 5. The summed E-state index contributed by atoms with van der Waals surface area (Å²) in [5.41, 5.74) is 2.97. The number of carbonyl (C=O) groups is 1. The first kappa shape index (κ1) is 25.1. The van der Waals surface area contributed by atoms with Crippen molar-refractivity contribution in [2.45, 2.75) is 19.1 Å². The lowest BCUT2D eigenvalue weighted by Gasteiger charge is -2.35. The zero-order valence-electron chi connectivity index (χ0n) is 20.9. The Hall–Kier alpha value is -4.18. The molecular formula is C29H25F3N4O3. The molecule has 0 N–H and O–H groups in total. The molecule has 3 heterocycles. The number of ether oxygens (including phenoxy) is 1. The van der Waals surface area contributed by atoms with Crippen LogP contribution in [0.25, 0.3) is 22.8 Å². The van der Waals surface area contributed by atoms with Gasteiger partial charge in [-0.15, -0.1) is 0 Å². The third kappa shape index (κ3) is 5.37. The molecule has 0 atom stereocenters. The fourth-order valence-electron chi connectivity index (χ4n) is 4.96. The van der Waals surface area contributed by atoms with E-state index in [0.717, 1.165) is 48.5 Å². The van der Waals surface area contributed by atoms with Gasteiger partial charge in [0.25, 0.3) is 11.8 Å². The van der Waals surface area contributed by atoms with E-state index in [1.54, 1.807) is 0 Å². The summed E-state index contributed by atoms with van der Waals surface area (Å²) in [7, 11) is 0. The number of hydrogen-bond donors (Lipinski definition) is 0. The first-order valence-corrected chi connectivity index (χ1v) is 12.7. The molecule has 0 bridgehead atoms. The van der Waals surface area contributed by atoms with Crippen molar-refractivity contribution in [1.82, 2.24) is 19.9 Å². The van der Waals surface area contributed by atoms with Crippen molar-refractivity contribution in [1.29, 1.82) is 0 Å². The summed E-state index contributed by atoms with van der Waals surface area (Å²) >= 11 is 0. The van der Waals surface area contributed by atoms with E-state index in [-0.39, 0.29) is 17.4 Å². The normalized spacial score (nSPS) is 15.7. The molecule has 3 aromatic carbocycles. The van der Waals surface area contributed by atoms with Crippen molar-refractivity contribution in [3.8, 4) is 28.6 Å². The van der Waals surface area contributed by atoms with Crippen LogP contribution in [-0.4, -0.2) is 58.6 Å². The molecular weight excluding hydrogens is 509 g/mol. The molecule has 0 spiro atoms. The van der Waals surface area contributed by atoms with Crippen molar-refractivity contribution in [2.75, 3.05) is 32.8 Å². The van der Waals surface area contributed by atoms with E-state index in [0.29, 0.717) is 43.2 Å². The minimum Gasteiger partial charge on any atom is -0.493 e. The predicted molar refractivity (Wildman–Crippen MR) is 137 cm³/mol. The summed E-state index contributed by atoms with van der Waals surface area (Å²) in [6, 6.07) is 18.2. The fraction of sp³-hybridized carbons (Fsp3) is 0.276. The molecule has 1 amide bonds. The summed E-state index contributed by atoms with van der Waals surface area (Å²) < 4.78 is 50.1. The van der Waals surface area contributed by atoms with E-state index < -0.39 is 11.7 Å². The molecule has 0 aliphatic carbocycles. The van der Waals surface area contributed by atoms with Crippen molar-refractivity contribution in [2.24, 2.45) is 0 Å².